The van der Waals surface area contributed by atoms with Crippen molar-refractivity contribution < 1.29 is 5.71 Å². The first kappa shape index (κ1) is 16.8. The van der Waals surface area contributed by atoms with Gasteiger partial charge in [0.05, 0.1) is 0 Å². The van der Waals surface area contributed by atoms with Crippen molar-refractivity contribution in [1.29, 1.82) is 0 Å². The van der Waals surface area contributed by atoms with Gasteiger partial charge >= 0.3 is 46.1 Å². The molecule has 0 aliphatic carbocycles. The molecule has 0 aliphatic heterocycles. The van der Waals surface area contributed by atoms with Crippen molar-refractivity contribution in [3.63, 3.8) is 0 Å². The number of hydrogen-bond acceptors (Lipinski definition) is 0. The summed E-state index contributed by atoms with van der Waals surface area (Å²) >= 11 is 6.66. The Balaban J connectivity index is -0.00000000833. The molecule has 0 amide bonds. The molecule has 0 fully saturated rings. The van der Waals surface area contributed by atoms with Crippen molar-refractivity contribution in [3.8, 4) is 0 Å². The van der Waals surface area contributed by atoms with Crippen LogP contribution in [0.4, 0.5) is 0 Å². The molecule has 0 spiro atoms. The zero-order valence-electron chi connectivity index (χ0n) is 9.00. The van der Waals surface area contributed by atoms with Gasteiger partial charge in [0.2, 0.25) is 0 Å². The third kappa shape index (κ3) is 15.8. The number of halogens is 2. The van der Waals surface area contributed by atoms with Crippen LogP contribution in [-0.4, -0.2) is 56.8 Å². The molecule has 0 aromatic carbocycles. The summed E-state index contributed by atoms with van der Waals surface area (Å²) in [5, 5.41) is 2.28. The molecule has 46 valence electrons. The van der Waals surface area contributed by atoms with Crippen LogP contribution in [0.3, 0.4) is 0 Å². The van der Waals surface area contributed by atoms with Gasteiger partial charge in [0.25, 0.3) is 0 Å². The van der Waals surface area contributed by atoms with Crippen LogP contribution in [0.1, 0.15) is 18.5 Å². The van der Waals surface area contributed by atoms with Crippen LogP contribution in [0, 0.1) is 0 Å². The molecule has 0 N–H and O–H groups in total. The summed E-state index contributed by atoms with van der Waals surface area (Å²) in [4.78, 5) is 0. The fraction of sp³-hybridized carbons (Fsp3) is 1.00. The number of hydrogen-bond donors (Lipinski definition) is 0. The minimum Gasteiger partial charge on any atom is -1.00 e. The van der Waals surface area contributed by atoms with E-state index in [0.717, 1.165) is 10.7 Å². The third-order valence-corrected chi connectivity index (χ3v) is 1.64. The first-order valence-electron chi connectivity index (χ1n) is 2.03. The summed E-state index contributed by atoms with van der Waals surface area (Å²) in [6, 6.07) is 0. The van der Waals surface area contributed by atoms with E-state index in [-0.39, 0.29) is 51.8 Å². The monoisotopic (exact) mass is 266 g/mol. The molecule has 0 aromatic rings. The van der Waals surface area contributed by atoms with Gasteiger partial charge in [0.15, 0.2) is 0 Å². The summed E-state index contributed by atoms with van der Waals surface area (Å²) < 4.78 is 0. The summed E-state index contributed by atoms with van der Waals surface area (Å²) in [5.41, 5.74) is 0. The maximum Gasteiger partial charge on any atom is 2.00 e. The molecule has 0 heterocycles. The smallest absolute Gasteiger partial charge is 1.00 e. The number of unbranched alkanes of at least 4 members (excludes halogenated alkanes) is 1. The second-order valence-corrected chi connectivity index (χ2v) is 2.67. The average Bonchev–Trinajstić information content (AvgIpc) is 1.61. The van der Waals surface area contributed by atoms with E-state index in [1.807, 2.05) is 0 Å². The van der Waals surface area contributed by atoms with E-state index in [0.29, 0.717) is 0 Å². The fourth-order valence-corrected chi connectivity index (χ4v) is 0.982. The molecule has 0 saturated heterocycles. The van der Waals surface area contributed by atoms with Gasteiger partial charge in [0.1, 0.15) is 0 Å². The zero-order valence-corrected chi connectivity index (χ0v) is 11.0. The van der Waals surface area contributed by atoms with Gasteiger partial charge in [-0.2, -0.15) is 0 Å². The Morgan fingerprint density at radius 3 is 1.25 bits per heavy atom. The zero-order chi connectivity index (χ0) is 4.83. The molecular weight excluding hydrogens is 256 g/mol. The molecule has 8 heavy (non-hydrogen) atoms. The van der Waals surface area contributed by atoms with Crippen LogP contribution in [0.2, 0.25) is 0 Å². The van der Waals surface area contributed by atoms with E-state index in [2.05, 4.69) is 31.9 Å². The van der Waals surface area contributed by atoms with E-state index in [9.17, 15) is 0 Å². The standard InChI is InChI=1S/C4H8Br2.2Mg.4H/c5-3-1-2-4-6;;;;;;/h1-4H2;;;;;;/q;2*+2;4*-1. The molecule has 0 aromatic heterocycles. The predicted octanol–water partition coefficient (Wildman–Crippen LogP) is 2.24. The van der Waals surface area contributed by atoms with E-state index in [4.69, 9.17) is 0 Å². The van der Waals surface area contributed by atoms with Crippen molar-refractivity contribution >= 4 is 78.0 Å². The molecule has 0 aliphatic rings. The first-order chi connectivity index (χ1) is 2.91. The first-order valence-corrected chi connectivity index (χ1v) is 4.28. The Labute approximate surface area is 106 Å². The Morgan fingerprint density at radius 2 is 1.12 bits per heavy atom. The van der Waals surface area contributed by atoms with E-state index < -0.39 is 0 Å². The maximum absolute atomic E-state index is 3.33. The van der Waals surface area contributed by atoms with Gasteiger partial charge in [0, 0.05) is 10.7 Å². The normalized spacial score (nSPS) is 6.75. The SMILES string of the molecule is BrCCCCBr.[H-].[H-].[H-].[H-].[Mg+2].[Mg+2]. The van der Waals surface area contributed by atoms with Crippen LogP contribution in [-0.2, 0) is 0 Å². The molecule has 0 atom stereocenters. The maximum atomic E-state index is 3.33. The number of rotatable bonds is 3. The Bertz CT molecular complexity index is 35.0. The van der Waals surface area contributed by atoms with E-state index >= 15 is 0 Å². The molecule has 4 heteroatoms. The molecule has 0 saturated carbocycles. The molecule has 0 unspecified atom stereocenters. The van der Waals surface area contributed by atoms with Crippen LogP contribution < -0.4 is 0 Å². The van der Waals surface area contributed by atoms with E-state index in [1.54, 1.807) is 0 Å². The topological polar surface area (TPSA) is 0 Å². The minimum absolute atomic E-state index is 0. The van der Waals surface area contributed by atoms with Crippen LogP contribution in [0.25, 0.3) is 0 Å². The molecule has 0 bridgehead atoms. The summed E-state index contributed by atoms with van der Waals surface area (Å²) in [6.45, 7) is 0. The van der Waals surface area contributed by atoms with Crippen molar-refractivity contribution in [1.82, 2.24) is 0 Å². The van der Waals surface area contributed by atoms with Gasteiger partial charge in [-0.15, -0.1) is 0 Å². The Kier molecular flexibility index (Phi) is 34.2. The summed E-state index contributed by atoms with van der Waals surface area (Å²) in [7, 11) is 0. The van der Waals surface area contributed by atoms with Crippen molar-refractivity contribution in [2.75, 3.05) is 10.7 Å². The minimum atomic E-state index is 0. The third-order valence-electron chi connectivity index (χ3n) is 0.517. The Hall–Kier alpha value is 2.49. The molecule has 0 radical (unpaired) electrons. The average molecular weight is 269 g/mol. The largest absolute Gasteiger partial charge is 2.00 e. The van der Waals surface area contributed by atoms with Crippen LogP contribution in [0.15, 0.2) is 0 Å². The van der Waals surface area contributed by atoms with Crippen LogP contribution >= 0.6 is 31.9 Å². The van der Waals surface area contributed by atoms with Gasteiger partial charge in [-0.3, -0.25) is 0 Å². The molecular formula is C4H12Br2Mg2. The van der Waals surface area contributed by atoms with Crippen molar-refractivity contribution in [3.05, 3.63) is 0 Å². The van der Waals surface area contributed by atoms with Gasteiger partial charge in [-0.25, -0.2) is 0 Å². The molecule has 0 rings (SSSR count). The second-order valence-electron chi connectivity index (χ2n) is 1.09. The summed E-state index contributed by atoms with van der Waals surface area (Å²) in [6.07, 6.45) is 2.57. The Morgan fingerprint density at radius 1 is 0.875 bits per heavy atom. The summed E-state index contributed by atoms with van der Waals surface area (Å²) in [5.74, 6) is 0. The fourth-order valence-electron chi connectivity index (χ4n) is 0.189. The van der Waals surface area contributed by atoms with Gasteiger partial charge < -0.3 is 5.71 Å². The van der Waals surface area contributed by atoms with E-state index in [1.165, 1.54) is 12.8 Å². The van der Waals surface area contributed by atoms with Gasteiger partial charge in [-0.1, -0.05) is 31.9 Å². The van der Waals surface area contributed by atoms with Gasteiger partial charge in [-0.05, 0) is 12.8 Å². The second kappa shape index (κ2) is 16.2. The molecule has 0 nitrogen and oxygen atoms in total. The van der Waals surface area contributed by atoms with Crippen molar-refractivity contribution in [2.45, 2.75) is 12.8 Å². The van der Waals surface area contributed by atoms with Crippen LogP contribution in [0.5, 0.6) is 0 Å². The number of alkyl halides is 2. The van der Waals surface area contributed by atoms with Crippen molar-refractivity contribution in [2.24, 2.45) is 0 Å². The quantitative estimate of drug-likeness (QED) is 0.418. The predicted molar refractivity (Wildman–Crippen MR) is 52.8 cm³/mol.